The lowest BCUT2D eigenvalue weighted by Crippen LogP contribution is -2.07. The Hall–Kier alpha value is -1.31. The molecule has 0 amide bonds. The van der Waals surface area contributed by atoms with Gasteiger partial charge in [0.1, 0.15) is 0 Å². The van der Waals surface area contributed by atoms with Crippen LogP contribution in [0.15, 0.2) is 28.6 Å². The van der Waals surface area contributed by atoms with Crippen LogP contribution in [0.5, 0.6) is 0 Å². The molecule has 0 atom stereocenters. The van der Waals surface area contributed by atoms with Gasteiger partial charge in [0, 0.05) is 12.0 Å². The van der Waals surface area contributed by atoms with Gasteiger partial charge in [-0.2, -0.15) is 0 Å². The zero-order valence-corrected chi connectivity index (χ0v) is 7.45. The summed E-state index contributed by atoms with van der Waals surface area (Å²) in [6.07, 6.45) is 9.03. The van der Waals surface area contributed by atoms with Crippen LogP contribution >= 0.6 is 0 Å². The van der Waals surface area contributed by atoms with E-state index in [9.17, 15) is 4.79 Å². The Labute approximate surface area is 77.2 Å². The summed E-state index contributed by atoms with van der Waals surface area (Å²) in [6, 6.07) is 1.87. The molecule has 0 bridgehead atoms. The third-order valence-corrected chi connectivity index (χ3v) is 2.34. The molecule has 0 spiro atoms. The van der Waals surface area contributed by atoms with Crippen molar-refractivity contribution in [2.75, 3.05) is 0 Å². The molecule has 1 saturated carbocycles. The number of carbonyl (C=O) groups is 1. The molecule has 0 aromatic carbocycles. The van der Waals surface area contributed by atoms with E-state index in [4.69, 9.17) is 4.42 Å². The minimum absolute atomic E-state index is 0.299. The molecule has 68 valence electrons. The average Bonchev–Trinajstić information content (AvgIpc) is 2.61. The van der Waals surface area contributed by atoms with Gasteiger partial charge in [0.2, 0.25) is 0 Å². The normalized spacial score (nSPS) is 20.9. The Morgan fingerprint density at radius 3 is 2.85 bits per heavy atom. The Kier molecular flexibility index (Phi) is 2.30. The van der Waals surface area contributed by atoms with Crippen LogP contribution in [0, 0.1) is 0 Å². The second-order valence-corrected chi connectivity index (χ2v) is 3.36. The molecule has 2 nitrogen and oxygen atoms in total. The standard InChI is InChI=1S/C11H12O2/c12-11-4-2-1-3-10(11)7-9-5-6-13-8-9/h5-8H,1-4H2/b10-7+. The van der Waals surface area contributed by atoms with Crippen LogP contribution < -0.4 is 0 Å². The third-order valence-electron chi connectivity index (χ3n) is 2.34. The van der Waals surface area contributed by atoms with Crippen LogP contribution in [-0.2, 0) is 4.79 Å². The molecule has 13 heavy (non-hydrogen) atoms. The Morgan fingerprint density at radius 2 is 2.15 bits per heavy atom. The lowest BCUT2D eigenvalue weighted by atomic mass is 9.92. The maximum Gasteiger partial charge on any atom is 0.158 e. The van der Waals surface area contributed by atoms with Gasteiger partial charge in [-0.3, -0.25) is 4.79 Å². The van der Waals surface area contributed by atoms with Crippen LogP contribution in [0.2, 0.25) is 0 Å². The lowest BCUT2D eigenvalue weighted by Gasteiger charge is -2.11. The van der Waals surface area contributed by atoms with Crippen molar-refractivity contribution in [1.82, 2.24) is 0 Å². The summed E-state index contributed by atoms with van der Waals surface area (Å²) in [5.41, 5.74) is 1.94. The first kappa shape index (κ1) is 8.30. The highest BCUT2D eigenvalue weighted by Gasteiger charge is 2.14. The lowest BCUT2D eigenvalue weighted by molar-refractivity contribution is -0.116. The maximum absolute atomic E-state index is 11.4. The van der Waals surface area contributed by atoms with E-state index in [0.29, 0.717) is 12.2 Å². The van der Waals surface area contributed by atoms with E-state index >= 15 is 0 Å². The van der Waals surface area contributed by atoms with Gasteiger partial charge in [-0.25, -0.2) is 0 Å². The summed E-state index contributed by atoms with van der Waals surface area (Å²) >= 11 is 0. The highest BCUT2D eigenvalue weighted by Crippen LogP contribution is 2.22. The summed E-state index contributed by atoms with van der Waals surface area (Å²) in [5, 5.41) is 0. The summed E-state index contributed by atoms with van der Waals surface area (Å²) in [4.78, 5) is 11.4. The van der Waals surface area contributed by atoms with E-state index in [0.717, 1.165) is 30.4 Å². The number of hydrogen-bond donors (Lipinski definition) is 0. The van der Waals surface area contributed by atoms with Crippen LogP contribution in [0.25, 0.3) is 6.08 Å². The van der Waals surface area contributed by atoms with Crippen molar-refractivity contribution >= 4 is 11.9 Å². The van der Waals surface area contributed by atoms with Gasteiger partial charge in [0.15, 0.2) is 5.78 Å². The van der Waals surface area contributed by atoms with Crippen molar-refractivity contribution in [3.8, 4) is 0 Å². The summed E-state index contributed by atoms with van der Waals surface area (Å²) in [6.45, 7) is 0. The highest BCUT2D eigenvalue weighted by atomic mass is 16.3. The summed E-state index contributed by atoms with van der Waals surface area (Å²) < 4.78 is 4.94. The predicted molar refractivity (Wildman–Crippen MR) is 50.2 cm³/mol. The van der Waals surface area contributed by atoms with Gasteiger partial charge in [-0.05, 0) is 37.0 Å². The molecule has 0 saturated heterocycles. The molecule has 0 aliphatic heterocycles. The molecule has 1 aromatic heterocycles. The fourth-order valence-corrected chi connectivity index (χ4v) is 1.61. The van der Waals surface area contributed by atoms with Gasteiger partial charge in [-0.15, -0.1) is 0 Å². The van der Waals surface area contributed by atoms with Crippen molar-refractivity contribution in [3.05, 3.63) is 29.7 Å². The molecule has 1 aliphatic rings. The number of furan rings is 1. The zero-order chi connectivity index (χ0) is 9.10. The molecule has 1 heterocycles. The number of Topliss-reactive ketones (excluding diaryl/α,β-unsaturated/α-hetero) is 1. The van der Waals surface area contributed by atoms with Crippen molar-refractivity contribution < 1.29 is 9.21 Å². The average molecular weight is 176 g/mol. The largest absolute Gasteiger partial charge is 0.472 e. The van der Waals surface area contributed by atoms with Crippen LogP contribution in [-0.4, -0.2) is 5.78 Å². The maximum atomic E-state index is 11.4. The van der Waals surface area contributed by atoms with Crippen molar-refractivity contribution in [1.29, 1.82) is 0 Å². The Morgan fingerprint density at radius 1 is 1.31 bits per heavy atom. The van der Waals surface area contributed by atoms with Gasteiger partial charge >= 0.3 is 0 Å². The van der Waals surface area contributed by atoms with E-state index in [-0.39, 0.29) is 0 Å². The predicted octanol–water partition coefficient (Wildman–Crippen LogP) is 2.81. The second kappa shape index (κ2) is 3.60. The first-order chi connectivity index (χ1) is 6.36. The molecule has 2 rings (SSSR count). The molecule has 1 fully saturated rings. The smallest absolute Gasteiger partial charge is 0.158 e. The molecule has 2 heteroatoms. The Balaban J connectivity index is 2.19. The quantitative estimate of drug-likeness (QED) is 0.616. The molecular formula is C11H12O2. The monoisotopic (exact) mass is 176 g/mol. The Bertz CT molecular complexity index is 320. The fraction of sp³-hybridized carbons (Fsp3) is 0.364. The number of hydrogen-bond acceptors (Lipinski definition) is 2. The van der Waals surface area contributed by atoms with Gasteiger partial charge in [0.25, 0.3) is 0 Å². The van der Waals surface area contributed by atoms with Crippen molar-refractivity contribution in [3.63, 3.8) is 0 Å². The number of carbonyl (C=O) groups excluding carboxylic acids is 1. The third kappa shape index (κ3) is 1.89. The minimum atomic E-state index is 0.299. The first-order valence-corrected chi connectivity index (χ1v) is 4.62. The van der Waals surface area contributed by atoms with E-state index in [1.807, 2.05) is 12.1 Å². The highest BCUT2D eigenvalue weighted by molar-refractivity contribution is 5.99. The number of ketones is 1. The van der Waals surface area contributed by atoms with Crippen LogP contribution in [0.4, 0.5) is 0 Å². The molecule has 0 N–H and O–H groups in total. The van der Waals surface area contributed by atoms with Crippen LogP contribution in [0.1, 0.15) is 31.2 Å². The number of allylic oxidation sites excluding steroid dienone is 1. The van der Waals surface area contributed by atoms with Crippen LogP contribution in [0.3, 0.4) is 0 Å². The van der Waals surface area contributed by atoms with E-state index in [1.165, 1.54) is 0 Å². The fourth-order valence-electron chi connectivity index (χ4n) is 1.61. The topological polar surface area (TPSA) is 30.2 Å². The SMILES string of the molecule is O=C1CCCC/C1=C\c1ccoc1. The van der Waals surface area contributed by atoms with Crippen molar-refractivity contribution in [2.45, 2.75) is 25.7 Å². The molecular weight excluding hydrogens is 164 g/mol. The van der Waals surface area contributed by atoms with Gasteiger partial charge in [0.05, 0.1) is 12.5 Å². The molecule has 0 radical (unpaired) electrons. The van der Waals surface area contributed by atoms with E-state index < -0.39 is 0 Å². The van der Waals surface area contributed by atoms with E-state index in [1.54, 1.807) is 12.5 Å². The van der Waals surface area contributed by atoms with Crippen molar-refractivity contribution in [2.24, 2.45) is 0 Å². The summed E-state index contributed by atoms with van der Waals surface area (Å²) in [7, 11) is 0. The summed E-state index contributed by atoms with van der Waals surface area (Å²) in [5.74, 6) is 0.299. The number of rotatable bonds is 1. The van der Waals surface area contributed by atoms with Gasteiger partial charge in [-0.1, -0.05) is 0 Å². The van der Waals surface area contributed by atoms with E-state index in [2.05, 4.69) is 0 Å². The zero-order valence-electron chi connectivity index (χ0n) is 7.45. The molecule has 1 aromatic rings. The molecule has 0 unspecified atom stereocenters. The van der Waals surface area contributed by atoms with Gasteiger partial charge < -0.3 is 4.42 Å². The molecule has 1 aliphatic carbocycles. The second-order valence-electron chi connectivity index (χ2n) is 3.36. The first-order valence-electron chi connectivity index (χ1n) is 4.62. The minimum Gasteiger partial charge on any atom is -0.472 e.